The Morgan fingerprint density at radius 3 is 0.496 bits per heavy atom. The lowest BCUT2D eigenvalue weighted by atomic mass is 9.59. The van der Waals surface area contributed by atoms with Crippen molar-refractivity contribution in [2.45, 2.75) is 680 Å². The molecule has 0 spiro atoms. The van der Waals surface area contributed by atoms with E-state index in [1.54, 1.807) is 0 Å². The molecule has 7 N–H and O–H groups in total. The van der Waals surface area contributed by atoms with Crippen molar-refractivity contribution >= 4 is 0 Å². The highest BCUT2D eigenvalue weighted by molar-refractivity contribution is 4.99. The molecule has 0 saturated carbocycles. The molecule has 0 bridgehead atoms. The summed E-state index contributed by atoms with van der Waals surface area (Å²) in [6, 6.07) is 0. The third-order valence-corrected chi connectivity index (χ3v) is 29.2. The molecule has 716 valence electrons. The lowest BCUT2D eigenvalue weighted by Gasteiger charge is -2.49. The first-order chi connectivity index (χ1) is 58.6. The van der Waals surface area contributed by atoms with Gasteiger partial charge in [0.25, 0.3) is 0 Å². The molecule has 7 nitrogen and oxygen atoms in total. The number of aliphatic hydroxyl groups excluding tert-OH is 5. The van der Waals surface area contributed by atoms with Crippen LogP contribution in [0.4, 0.5) is 0 Å². The fourth-order valence-corrected chi connectivity index (χ4v) is 20.9. The van der Waals surface area contributed by atoms with E-state index in [0.29, 0.717) is 32.3 Å². The van der Waals surface area contributed by atoms with Crippen LogP contribution in [0.25, 0.3) is 0 Å². The molecular weight excluding hydrogens is 1460 g/mol. The fourth-order valence-electron chi connectivity index (χ4n) is 20.9. The summed E-state index contributed by atoms with van der Waals surface area (Å²) in [6.45, 7) is 8.00. The lowest BCUT2D eigenvalue weighted by molar-refractivity contribution is -0.117. The second kappa shape index (κ2) is 98.3. The minimum Gasteiger partial charge on any atom is -0.396 e. The molecule has 0 aromatic rings. The third kappa shape index (κ3) is 83.1. The summed E-state index contributed by atoms with van der Waals surface area (Å²) < 4.78 is 0. The zero-order chi connectivity index (χ0) is 86.2. The minimum absolute atomic E-state index is 0.000646. The van der Waals surface area contributed by atoms with Gasteiger partial charge in [0.15, 0.2) is 0 Å². The Hall–Kier alpha value is -0.280. The first-order valence-electron chi connectivity index (χ1n) is 56.2. The molecule has 0 heterocycles. The summed E-state index contributed by atoms with van der Waals surface area (Å²) in [5, 5.41) is 73.9. The molecule has 5 atom stereocenters. The Labute approximate surface area is 749 Å². The first kappa shape index (κ1) is 119. The van der Waals surface area contributed by atoms with Crippen LogP contribution >= 0.6 is 0 Å². The van der Waals surface area contributed by atoms with Crippen molar-refractivity contribution in [3.05, 3.63) is 0 Å². The number of hydrogen-bond donors (Lipinski definition) is 7. The third-order valence-electron chi connectivity index (χ3n) is 29.2. The SMILES string of the molecule is CCCCCCCCCCCCC(CCCCCCCCCCCCCCCCO)(CCCCCCCCC(CCCCCC)C(O)(CCCCCCCCCCCCCCCCCCO)CCCCCCCCCCCCCCCCC(C)O)C(O)(CCCCCCCCCCCCCCO)CCCCCCCCCCCCCCCCO. The van der Waals surface area contributed by atoms with Crippen LogP contribution in [0.15, 0.2) is 0 Å². The van der Waals surface area contributed by atoms with Crippen molar-refractivity contribution in [2.75, 3.05) is 26.4 Å². The maximum absolute atomic E-state index is 14.2. The van der Waals surface area contributed by atoms with Gasteiger partial charge in [0, 0.05) is 26.4 Å². The van der Waals surface area contributed by atoms with E-state index in [2.05, 4.69) is 13.8 Å². The van der Waals surface area contributed by atoms with Gasteiger partial charge in [0.05, 0.1) is 17.3 Å². The van der Waals surface area contributed by atoms with Crippen LogP contribution in [-0.2, 0) is 0 Å². The molecule has 0 aliphatic rings. The van der Waals surface area contributed by atoms with Gasteiger partial charge in [-0.1, -0.05) is 566 Å². The molecule has 0 amide bonds. The van der Waals surface area contributed by atoms with Gasteiger partial charge < -0.3 is 35.7 Å². The molecule has 0 aliphatic carbocycles. The molecule has 0 aromatic heterocycles. The topological polar surface area (TPSA) is 142 Å². The zero-order valence-corrected chi connectivity index (χ0v) is 82.3. The maximum Gasteiger partial charge on any atom is 0.0703 e. The van der Waals surface area contributed by atoms with E-state index in [4.69, 9.17) is 5.11 Å². The van der Waals surface area contributed by atoms with Gasteiger partial charge in [0.2, 0.25) is 0 Å². The van der Waals surface area contributed by atoms with Crippen molar-refractivity contribution in [3.63, 3.8) is 0 Å². The van der Waals surface area contributed by atoms with Gasteiger partial charge in [-0.05, 0) is 108 Å². The van der Waals surface area contributed by atoms with E-state index < -0.39 is 11.2 Å². The second-order valence-electron chi connectivity index (χ2n) is 40.6. The van der Waals surface area contributed by atoms with Gasteiger partial charge in [-0.2, -0.15) is 0 Å². The highest BCUT2D eigenvalue weighted by Crippen LogP contribution is 2.51. The van der Waals surface area contributed by atoms with E-state index in [-0.39, 0.29) is 11.5 Å². The molecule has 5 unspecified atom stereocenters. The van der Waals surface area contributed by atoms with Gasteiger partial charge in [0.1, 0.15) is 0 Å². The number of aliphatic hydroxyl groups is 7. The molecule has 0 saturated heterocycles. The Bertz CT molecular complexity index is 1830. The molecule has 0 rings (SSSR count). The normalized spacial score (nSPS) is 14.1. The fraction of sp³-hybridized carbons (Fsp3) is 1.00. The maximum atomic E-state index is 14.2. The van der Waals surface area contributed by atoms with Crippen LogP contribution in [0.5, 0.6) is 0 Å². The van der Waals surface area contributed by atoms with Crippen molar-refractivity contribution in [1.29, 1.82) is 0 Å². The average molecular weight is 1690 g/mol. The van der Waals surface area contributed by atoms with Crippen LogP contribution in [0.2, 0.25) is 0 Å². The smallest absolute Gasteiger partial charge is 0.0703 e. The standard InChI is InChI=1S/C112H226O7/c1-4-6-8-10-11-12-44-56-69-83-97-110(98-84-70-57-45-34-24-18-21-30-40-51-64-77-91-105-114,112(119,103-89-75-61-49-38-28-32-42-53-66-79-93-107-116)102-88-74-60-48-37-27-19-22-31-41-52-65-78-92-106-115)99-85-71-62-55-68-82-96-109(95-81-9-7-5-2)111(118,100-86-72-58-46-35-25-16-13-14-20-29-39-50-63-76-90-104-113)101-87-73-59-47-36-26-17-15-23-33-43-54-67-80-94-108(3)117/h108-109,113-119H,4-107H2,1-3H3. The molecule has 119 heavy (non-hydrogen) atoms. The number of rotatable bonds is 108. The predicted octanol–water partition coefficient (Wildman–Crippen LogP) is 36.5. The summed E-state index contributed by atoms with van der Waals surface area (Å²) in [5.41, 5.74) is -1.12. The van der Waals surface area contributed by atoms with E-state index in [9.17, 15) is 30.6 Å². The van der Waals surface area contributed by atoms with Crippen LogP contribution < -0.4 is 0 Å². The van der Waals surface area contributed by atoms with E-state index in [1.807, 2.05) is 6.92 Å². The summed E-state index contributed by atoms with van der Waals surface area (Å²) in [7, 11) is 0. The van der Waals surface area contributed by atoms with Gasteiger partial charge in [-0.15, -0.1) is 0 Å². The summed E-state index contributed by atoms with van der Waals surface area (Å²) in [4.78, 5) is 0. The predicted molar refractivity (Wildman–Crippen MR) is 529 cm³/mol. The van der Waals surface area contributed by atoms with Gasteiger partial charge in [-0.3, -0.25) is 0 Å². The Morgan fingerprint density at radius 1 is 0.168 bits per heavy atom. The van der Waals surface area contributed by atoms with Crippen molar-refractivity contribution < 1.29 is 35.7 Å². The van der Waals surface area contributed by atoms with Gasteiger partial charge >= 0.3 is 0 Å². The minimum atomic E-state index is -0.592. The van der Waals surface area contributed by atoms with Crippen LogP contribution in [0.3, 0.4) is 0 Å². The Morgan fingerprint density at radius 2 is 0.311 bits per heavy atom. The second-order valence-corrected chi connectivity index (χ2v) is 40.6. The molecular formula is C112H226O7. The summed E-state index contributed by atoms with van der Waals surface area (Å²) in [5.74, 6) is 0.426. The summed E-state index contributed by atoms with van der Waals surface area (Å²) >= 11 is 0. The Kier molecular flexibility index (Phi) is 98.1. The molecule has 0 aromatic carbocycles. The van der Waals surface area contributed by atoms with Crippen molar-refractivity contribution in [3.8, 4) is 0 Å². The lowest BCUT2D eigenvalue weighted by Crippen LogP contribution is -2.49. The quantitative estimate of drug-likeness (QED) is 0.0301. The van der Waals surface area contributed by atoms with Crippen LogP contribution in [0.1, 0.15) is 663 Å². The van der Waals surface area contributed by atoms with E-state index in [1.165, 1.54) is 584 Å². The van der Waals surface area contributed by atoms with E-state index in [0.717, 1.165) is 57.8 Å². The molecule has 0 radical (unpaired) electrons. The Balaban J connectivity index is 6.65. The molecule has 0 aliphatic heterocycles. The average Bonchev–Trinajstić information content (AvgIpc) is 0.778. The zero-order valence-electron chi connectivity index (χ0n) is 82.3. The van der Waals surface area contributed by atoms with E-state index >= 15 is 0 Å². The number of unbranched alkanes of at least 4 members (excludes halogenated alkanes) is 82. The van der Waals surface area contributed by atoms with Crippen LogP contribution in [-0.4, -0.2) is 79.5 Å². The van der Waals surface area contributed by atoms with Crippen molar-refractivity contribution in [1.82, 2.24) is 0 Å². The molecule has 7 heteroatoms. The highest BCUT2D eigenvalue weighted by Gasteiger charge is 2.48. The largest absolute Gasteiger partial charge is 0.396 e. The number of hydrogen-bond acceptors (Lipinski definition) is 7. The van der Waals surface area contributed by atoms with Crippen LogP contribution in [0, 0.1) is 11.3 Å². The van der Waals surface area contributed by atoms with Gasteiger partial charge in [-0.25, -0.2) is 0 Å². The van der Waals surface area contributed by atoms with Crippen molar-refractivity contribution in [2.24, 2.45) is 11.3 Å². The molecule has 0 fully saturated rings. The highest BCUT2D eigenvalue weighted by atomic mass is 16.3. The first-order valence-corrected chi connectivity index (χ1v) is 56.2. The monoisotopic (exact) mass is 1680 g/mol. The summed E-state index contributed by atoms with van der Waals surface area (Å²) in [6.07, 6.45) is 129.